The second kappa shape index (κ2) is 5.41. The van der Waals surface area contributed by atoms with E-state index in [9.17, 15) is 0 Å². The van der Waals surface area contributed by atoms with Gasteiger partial charge in [-0.15, -0.1) is 10.3 Å². The SMILES string of the molecule is CC#CCOc1nsnc1-c1ccc[n+](C)c1. The molecule has 2 aromatic rings. The first-order valence-electron chi connectivity index (χ1n) is 5.12. The van der Waals surface area contributed by atoms with Gasteiger partial charge in [-0.25, -0.2) is 4.57 Å². The molecule has 0 radical (unpaired) electrons. The van der Waals surface area contributed by atoms with Crippen molar-refractivity contribution in [1.82, 2.24) is 8.75 Å². The second-order valence-corrected chi connectivity index (χ2v) is 3.92. The molecule has 2 rings (SSSR count). The van der Waals surface area contributed by atoms with Gasteiger partial charge in [-0.2, -0.15) is 4.37 Å². The topological polar surface area (TPSA) is 38.9 Å². The van der Waals surface area contributed by atoms with E-state index in [4.69, 9.17) is 4.74 Å². The maximum Gasteiger partial charge on any atom is 0.255 e. The average molecular weight is 246 g/mol. The molecule has 0 aliphatic rings. The highest BCUT2D eigenvalue weighted by molar-refractivity contribution is 6.99. The summed E-state index contributed by atoms with van der Waals surface area (Å²) in [4.78, 5) is 0. The molecule has 2 aromatic heterocycles. The fourth-order valence-corrected chi connectivity index (χ4v) is 1.88. The Hall–Kier alpha value is -1.93. The molecule has 0 fully saturated rings. The van der Waals surface area contributed by atoms with Crippen molar-refractivity contribution in [2.45, 2.75) is 6.92 Å². The van der Waals surface area contributed by atoms with Gasteiger partial charge in [0.2, 0.25) is 0 Å². The number of rotatable bonds is 3. The first-order chi connectivity index (χ1) is 8.31. The highest BCUT2D eigenvalue weighted by Crippen LogP contribution is 2.26. The predicted octanol–water partition coefficient (Wildman–Crippen LogP) is 1.43. The van der Waals surface area contributed by atoms with Gasteiger partial charge in [-0.1, -0.05) is 5.92 Å². The molecule has 0 atom stereocenters. The maximum absolute atomic E-state index is 5.47. The van der Waals surface area contributed by atoms with E-state index in [1.165, 1.54) is 0 Å². The van der Waals surface area contributed by atoms with Crippen molar-refractivity contribution in [3.63, 3.8) is 0 Å². The Morgan fingerprint density at radius 2 is 2.35 bits per heavy atom. The first kappa shape index (κ1) is 11.6. The Morgan fingerprint density at radius 3 is 3.12 bits per heavy atom. The van der Waals surface area contributed by atoms with E-state index >= 15 is 0 Å². The number of aryl methyl sites for hydroxylation is 1. The van der Waals surface area contributed by atoms with Crippen molar-refractivity contribution >= 4 is 11.7 Å². The van der Waals surface area contributed by atoms with Crippen molar-refractivity contribution in [3.8, 4) is 29.0 Å². The number of pyridine rings is 1. The smallest absolute Gasteiger partial charge is 0.255 e. The molecule has 5 heteroatoms. The summed E-state index contributed by atoms with van der Waals surface area (Å²) in [5.74, 6) is 6.16. The molecule has 0 spiro atoms. The molecule has 0 amide bonds. The van der Waals surface area contributed by atoms with Crippen molar-refractivity contribution in [1.29, 1.82) is 0 Å². The molecule has 0 aliphatic heterocycles. The van der Waals surface area contributed by atoms with Crippen LogP contribution in [0.4, 0.5) is 0 Å². The zero-order valence-electron chi connectivity index (χ0n) is 9.67. The maximum atomic E-state index is 5.47. The lowest BCUT2D eigenvalue weighted by Crippen LogP contribution is -2.26. The molecule has 17 heavy (non-hydrogen) atoms. The standard InChI is InChI=1S/C12H12N3OS/c1-3-4-8-16-12-11(13-17-14-12)10-6-5-7-15(2)9-10/h5-7,9H,8H2,1-2H3/q+1. The number of nitrogens with zero attached hydrogens (tertiary/aromatic N) is 3. The summed E-state index contributed by atoms with van der Waals surface area (Å²) >= 11 is 1.14. The quantitative estimate of drug-likeness (QED) is 0.607. The largest absolute Gasteiger partial charge is 0.462 e. The zero-order valence-corrected chi connectivity index (χ0v) is 10.5. The fourth-order valence-electron chi connectivity index (χ4n) is 1.36. The van der Waals surface area contributed by atoms with Crippen LogP contribution in [0.2, 0.25) is 0 Å². The Bertz CT molecular complexity index is 568. The van der Waals surface area contributed by atoms with Crippen LogP contribution in [0.1, 0.15) is 6.92 Å². The van der Waals surface area contributed by atoms with Gasteiger partial charge in [0.1, 0.15) is 7.05 Å². The summed E-state index contributed by atoms with van der Waals surface area (Å²) in [7, 11) is 1.96. The molecule has 0 saturated heterocycles. The van der Waals surface area contributed by atoms with Crippen LogP contribution in [-0.4, -0.2) is 15.4 Å². The van der Waals surface area contributed by atoms with Gasteiger partial charge < -0.3 is 4.74 Å². The first-order valence-corrected chi connectivity index (χ1v) is 5.85. The average Bonchev–Trinajstić information content (AvgIpc) is 2.78. The second-order valence-electron chi connectivity index (χ2n) is 3.39. The van der Waals surface area contributed by atoms with Crippen LogP contribution in [-0.2, 0) is 7.05 Å². The molecule has 0 aromatic carbocycles. The molecular weight excluding hydrogens is 234 g/mol. The third kappa shape index (κ3) is 2.80. The van der Waals surface area contributed by atoms with E-state index in [2.05, 4.69) is 20.6 Å². The minimum atomic E-state index is 0.341. The summed E-state index contributed by atoms with van der Waals surface area (Å²) in [6.07, 6.45) is 3.95. The lowest BCUT2D eigenvalue weighted by molar-refractivity contribution is -0.671. The van der Waals surface area contributed by atoms with Crippen LogP contribution in [0.15, 0.2) is 24.5 Å². The molecule has 0 bridgehead atoms. The number of hydrogen-bond donors (Lipinski definition) is 0. The van der Waals surface area contributed by atoms with Gasteiger partial charge in [0.15, 0.2) is 24.7 Å². The lowest BCUT2D eigenvalue weighted by Gasteiger charge is -1.99. The fraction of sp³-hybridized carbons (Fsp3) is 0.250. The van der Waals surface area contributed by atoms with Gasteiger partial charge in [-0.3, -0.25) is 0 Å². The van der Waals surface area contributed by atoms with E-state index in [1.807, 2.05) is 36.1 Å². The number of hydrogen-bond acceptors (Lipinski definition) is 4. The van der Waals surface area contributed by atoms with Crippen molar-refractivity contribution in [2.75, 3.05) is 6.61 Å². The van der Waals surface area contributed by atoms with Gasteiger partial charge in [-0.05, 0) is 13.0 Å². The van der Waals surface area contributed by atoms with Crippen LogP contribution < -0.4 is 9.30 Å². The van der Waals surface area contributed by atoms with Crippen LogP contribution >= 0.6 is 11.7 Å². The van der Waals surface area contributed by atoms with Crippen molar-refractivity contribution in [2.24, 2.45) is 7.05 Å². The Labute approximate surface area is 104 Å². The van der Waals surface area contributed by atoms with Crippen LogP contribution in [0, 0.1) is 11.8 Å². The normalized spacial score (nSPS) is 9.53. The minimum Gasteiger partial charge on any atom is -0.462 e. The highest BCUT2D eigenvalue weighted by atomic mass is 32.1. The van der Waals surface area contributed by atoms with Gasteiger partial charge in [0.25, 0.3) is 5.88 Å². The van der Waals surface area contributed by atoms with Gasteiger partial charge in [0.05, 0.1) is 17.3 Å². The Morgan fingerprint density at radius 1 is 1.47 bits per heavy atom. The van der Waals surface area contributed by atoms with Gasteiger partial charge in [0, 0.05) is 6.07 Å². The van der Waals surface area contributed by atoms with Crippen molar-refractivity contribution < 1.29 is 9.30 Å². The van der Waals surface area contributed by atoms with Crippen molar-refractivity contribution in [3.05, 3.63) is 24.5 Å². The molecule has 2 heterocycles. The predicted molar refractivity (Wildman–Crippen MR) is 65.5 cm³/mol. The van der Waals surface area contributed by atoms with E-state index in [-0.39, 0.29) is 0 Å². The molecule has 0 N–H and O–H groups in total. The summed E-state index contributed by atoms with van der Waals surface area (Å²) in [5.41, 5.74) is 1.76. The van der Waals surface area contributed by atoms with E-state index < -0.39 is 0 Å². The summed E-state index contributed by atoms with van der Waals surface area (Å²) in [5, 5.41) is 0. The molecule has 86 valence electrons. The molecular formula is C12H12N3OS+. The molecule has 0 aliphatic carbocycles. The molecule has 4 nitrogen and oxygen atoms in total. The lowest BCUT2D eigenvalue weighted by atomic mass is 10.2. The van der Waals surface area contributed by atoms with Crippen LogP contribution in [0.3, 0.4) is 0 Å². The van der Waals surface area contributed by atoms with E-state index in [0.29, 0.717) is 12.5 Å². The third-order valence-electron chi connectivity index (χ3n) is 2.13. The highest BCUT2D eigenvalue weighted by Gasteiger charge is 2.13. The summed E-state index contributed by atoms with van der Waals surface area (Å²) in [6.45, 7) is 2.12. The number of ether oxygens (including phenoxy) is 1. The van der Waals surface area contributed by atoms with Crippen LogP contribution in [0.25, 0.3) is 11.3 Å². The Kier molecular flexibility index (Phi) is 3.68. The minimum absolute atomic E-state index is 0.341. The molecule has 0 saturated carbocycles. The Balaban J connectivity index is 2.26. The summed E-state index contributed by atoms with van der Waals surface area (Å²) in [6, 6.07) is 3.94. The zero-order chi connectivity index (χ0) is 12.1. The van der Waals surface area contributed by atoms with Crippen LogP contribution in [0.5, 0.6) is 5.88 Å². The number of aromatic nitrogens is 3. The summed E-state index contributed by atoms with van der Waals surface area (Å²) < 4.78 is 15.8. The van der Waals surface area contributed by atoms with E-state index in [0.717, 1.165) is 23.0 Å². The monoisotopic (exact) mass is 246 g/mol. The third-order valence-corrected chi connectivity index (χ3v) is 2.64. The van der Waals surface area contributed by atoms with Gasteiger partial charge >= 0.3 is 0 Å². The molecule has 0 unspecified atom stereocenters. The van der Waals surface area contributed by atoms with E-state index in [1.54, 1.807) is 6.92 Å².